The summed E-state index contributed by atoms with van der Waals surface area (Å²) in [6.07, 6.45) is 2.12. The second-order valence-electron chi connectivity index (χ2n) is 4.76. The number of hydrogen-bond acceptors (Lipinski definition) is 3. The first-order valence-corrected chi connectivity index (χ1v) is 9.13. The number of rotatable bonds is 6. The molecule has 8 heteroatoms. The summed E-state index contributed by atoms with van der Waals surface area (Å²) in [6.45, 7) is 2.76. The number of hydrogen-bond donors (Lipinski definition) is 2. The van der Waals surface area contributed by atoms with Crippen molar-refractivity contribution in [2.45, 2.75) is 13.3 Å². The van der Waals surface area contributed by atoms with Crippen LogP contribution in [0.1, 0.15) is 12.5 Å². The third-order valence-corrected chi connectivity index (χ3v) is 4.38. The van der Waals surface area contributed by atoms with E-state index in [1.54, 1.807) is 6.20 Å². The third kappa shape index (κ3) is 5.42. The second-order valence-corrected chi connectivity index (χ2v) is 6.80. The summed E-state index contributed by atoms with van der Waals surface area (Å²) in [5.74, 6) is 0.776. The molecule has 2 N–H and O–H groups in total. The molecule has 2 aromatic rings. The number of pyridine rings is 1. The Morgan fingerprint density at radius 1 is 1.38 bits per heavy atom. The second kappa shape index (κ2) is 9.33. The molecule has 0 aliphatic heterocycles. The Hall–Kier alpha value is -1.19. The highest BCUT2D eigenvalue weighted by Gasteiger charge is 2.12. The van der Waals surface area contributed by atoms with Crippen LogP contribution in [0.2, 0.25) is 5.02 Å². The molecule has 0 aliphatic carbocycles. The molecule has 0 radical (unpaired) electrons. The number of halogens is 3. The van der Waals surface area contributed by atoms with E-state index >= 15 is 0 Å². The largest absolute Gasteiger partial charge is 0.492 e. The molecular formula is C16H16ClFIN3OS. The molecule has 0 spiro atoms. The van der Waals surface area contributed by atoms with Crippen molar-refractivity contribution in [2.75, 3.05) is 18.5 Å². The van der Waals surface area contributed by atoms with Gasteiger partial charge >= 0.3 is 0 Å². The van der Waals surface area contributed by atoms with Gasteiger partial charge in [0.1, 0.15) is 17.4 Å². The van der Waals surface area contributed by atoms with Gasteiger partial charge in [-0.2, -0.15) is 0 Å². The lowest BCUT2D eigenvalue weighted by Gasteiger charge is -2.13. The fourth-order valence-corrected chi connectivity index (χ4v) is 2.81. The first kappa shape index (κ1) is 19.1. The van der Waals surface area contributed by atoms with E-state index in [0.29, 0.717) is 46.8 Å². The predicted molar refractivity (Wildman–Crippen MR) is 107 cm³/mol. The van der Waals surface area contributed by atoms with Gasteiger partial charge in [-0.15, -0.1) is 0 Å². The molecule has 0 amide bonds. The number of nitrogens with zero attached hydrogens (tertiary/aromatic N) is 1. The SMILES string of the molecule is CCOc1ccc(F)c(CCNC(=S)Nc2ccc(I)cn2)c1Cl. The van der Waals surface area contributed by atoms with Crippen molar-refractivity contribution in [3.05, 3.63) is 50.4 Å². The van der Waals surface area contributed by atoms with Gasteiger partial charge in [0.25, 0.3) is 0 Å². The van der Waals surface area contributed by atoms with E-state index in [0.717, 1.165) is 3.57 Å². The predicted octanol–water partition coefficient (Wildman–Crippen LogP) is 4.41. The molecule has 0 unspecified atom stereocenters. The van der Waals surface area contributed by atoms with Crippen LogP contribution in [-0.4, -0.2) is 23.2 Å². The summed E-state index contributed by atoms with van der Waals surface area (Å²) < 4.78 is 20.4. The van der Waals surface area contributed by atoms with Crippen LogP contribution in [0, 0.1) is 9.39 Å². The van der Waals surface area contributed by atoms with Crippen molar-refractivity contribution in [1.82, 2.24) is 10.3 Å². The Balaban J connectivity index is 1.90. The zero-order chi connectivity index (χ0) is 17.5. The summed E-state index contributed by atoms with van der Waals surface area (Å²) in [5, 5.41) is 6.70. The van der Waals surface area contributed by atoms with Crippen molar-refractivity contribution in [2.24, 2.45) is 0 Å². The minimum Gasteiger partial charge on any atom is -0.492 e. The lowest BCUT2D eigenvalue weighted by molar-refractivity contribution is 0.339. The van der Waals surface area contributed by atoms with E-state index in [9.17, 15) is 4.39 Å². The van der Waals surface area contributed by atoms with Crippen LogP contribution < -0.4 is 15.4 Å². The number of benzene rings is 1. The van der Waals surface area contributed by atoms with E-state index in [2.05, 4.69) is 38.2 Å². The topological polar surface area (TPSA) is 46.2 Å². The van der Waals surface area contributed by atoms with Crippen LogP contribution in [0.25, 0.3) is 0 Å². The van der Waals surface area contributed by atoms with Crippen LogP contribution in [0.15, 0.2) is 30.5 Å². The molecule has 1 aromatic carbocycles. The van der Waals surface area contributed by atoms with Crippen molar-refractivity contribution < 1.29 is 9.13 Å². The van der Waals surface area contributed by atoms with Gasteiger partial charge in [-0.1, -0.05) is 11.6 Å². The van der Waals surface area contributed by atoms with Crippen LogP contribution in [0.5, 0.6) is 5.75 Å². The molecule has 0 saturated carbocycles. The Morgan fingerprint density at radius 2 is 2.17 bits per heavy atom. The maximum absolute atomic E-state index is 14.0. The lowest BCUT2D eigenvalue weighted by atomic mass is 10.1. The van der Waals surface area contributed by atoms with E-state index in [1.165, 1.54) is 12.1 Å². The highest BCUT2D eigenvalue weighted by atomic mass is 127. The first-order chi connectivity index (χ1) is 11.5. The smallest absolute Gasteiger partial charge is 0.171 e. The van der Waals surface area contributed by atoms with Gasteiger partial charge in [0, 0.05) is 21.9 Å². The third-order valence-electron chi connectivity index (χ3n) is 3.08. The van der Waals surface area contributed by atoms with E-state index in [-0.39, 0.29) is 5.82 Å². The maximum Gasteiger partial charge on any atom is 0.171 e. The molecule has 1 aromatic heterocycles. The van der Waals surface area contributed by atoms with Crippen LogP contribution in [0.3, 0.4) is 0 Å². The van der Waals surface area contributed by atoms with Crippen molar-refractivity contribution in [3.63, 3.8) is 0 Å². The van der Waals surface area contributed by atoms with Gasteiger partial charge in [0.15, 0.2) is 5.11 Å². The average Bonchev–Trinajstić information content (AvgIpc) is 2.55. The van der Waals surface area contributed by atoms with E-state index in [1.807, 2.05) is 19.1 Å². The minimum absolute atomic E-state index is 0.303. The summed E-state index contributed by atoms with van der Waals surface area (Å²) in [4.78, 5) is 4.20. The fraction of sp³-hybridized carbons (Fsp3) is 0.250. The average molecular weight is 480 g/mol. The van der Waals surface area contributed by atoms with Crippen LogP contribution in [-0.2, 0) is 6.42 Å². The summed E-state index contributed by atoms with van der Waals surface area (Å²) >= 11 is 13.6. The molecule has 0 fully saturated rings. The lowest BCUT2D eigenvalue weighted by Crippen LogP contribution is -2.30. The van der Waals surface area contributed by atoms with Gasteiger partial charge in [-0.05, 0) is 72.4 Å². The molecule has 128 valence electrons. The standard InChI is InChI=1S/C16H16ClFIN3OS/c1-2-23-13-5-4-12(18)11(15(13)17)7-8-20-16(24)22-14-6-3-10(19)9-21-14/h3-6,9H,2,7-8H2,1H3,(H2,20,21,22,24). The number of nitrogens with one attached hydrogen (secondary N) is 2. The maximum atomic E-state index is 14.0. The molecule has 1 heterocycles. The van der Waals surface area contributed by atoms with E-state index < -0.39 is 0 Å². The zero-order valence-electron chi connectivity index (χ0n) is 12.9. The van der Waals surface area contributed by atoms with Gasteiger partial charge in [-0.3, -0.25) is 0 Å². The number of aromatic nitrogens is 1. The summed E-state index contributed by atoms with van der Waals surface area (Å²) in [7, 11) is 0. The normalized spacial score (nSPS) is 10.3. The Bertz CT molecular complexity index is 715. The first-order valence-electron chi connectivity index (χ1n) is 7.27. The number of ether oxygens (including phenoxy) is 1. The van der Waals surface area contributed by atoms with Crippen molar-refractivity contribution in [1.29, 1.82) is 0 Å². The highest BCUT2D eigenvalue weighted by Crippen LogP contribution is 2.30. The Labute approximate surface area is 164 Å². The molecular weight excluding hydrogens is 464 g/mol. The van der Waals surface area contributed by atoms with Gasteiger partial charge in [-0.25, -0.2) is 9.37 Å². The zero-order valence-corrected chi connectivity index (χ0v) is 16.6. The molecule has 4 nitrogen and oxygen atoms in total. The molecule has 2 rings (SSSR count). The van der Waals surface area contributed by atoms with E-state index in [4.69, 9.17) is 28.6 Å². The molecule has 0 atom stereocenters. The molecule has 0 bridgehead atoms. The fourth-order valence-electron chi connectivity index (χ4n) is 1.98. The quantitative estimate of drug-likeness (QED) is 0.475. The summed E-state index contributed by atoms with van der Waals surface area (Å²) in [6, 6.07) is 6.65. The Morgan fingerprint density at radius 3 is 2.83 bits per heavy atom. The van der Waals surface area contributed by atoms with Crippen molar-refractivity contribution in [3.8, 4) is 5.75 Å². The Kier molecular flexibility index (Phi) is 7.44. The van der Waals surface area contributed by atoms with Crippen molar-refractivity contribution >= 4 is 57.3 Å². The molecule has 24 heavy (non-hydrogen) atoms. The van der Waals surface area contributed by atoms with Gasteiger partial charge in [0.2, 0.25) is 0 Å². The van der Waals surface area contributed by atoms with Crippen LogP contribution in [0.4, 0.5) is 10.2 Å². The van der Waals surface area contributed by atoms with Gasteiger partial charge in [0.05, 0.1) is 11.6 Å². The number of thiocarbonyl (C=S) groups is 1. The number of anilines is 1. The highest BCUT2D eigenvalue weighted by molar-refractivity contribution is 14.1. The molecule has 0 saturated heterocycles. The molecule has 0 aliphatic rings. The van der Waals surface area contributed by atoms with Crippen LogP contribution >= 0.6 is 46.4 Å². The monoisotopic (exact) mass is 479 g/mol. The minimum atomic E-state index is -0.358. The van der Waals surface area contributed by atoms with Gasteiger partial charge < -0.3 is 15.4 Å². The summed E-state index contributed by atoms with van der Waals surface area (Å²) in [5.41, 5.74) is 0.408.